The van der Waals surface area contributed by atoms with Gasteiger partial charge in [-0.05, 0) is 50.8 Å². The third-order valence-electron chi connectivity index (χ3n) is 3.38. The molecular weight excluding hydrogens is 208 g/mol. The Morgan fingerprint density at radius 1 is 1.18 bits per heavy atom. The van der Waals surface area contributed by atoms with Crippen molar-refractivity contribution in [3.8, 4) is 0 Å². The van der Waals surface area contributed by atoms with Crippen LogP contribution in [0.1, 0.15) is 30.0 Å². The van der Waals surface area contributed by atoms with Crippen molar-refractivity contribution in [3.63, 3.8) is 0 Å². The van der Waals surface area contributed by atoms with Gasteiger partial charge in [0.1, 0.15) is 0 Å². The van der Waals surface area contributed by atoms with Crippen molar-refractivity contribution in [1.29, 1.82) is 0 Å². The van der Waals surface area contributed by atoms with Crippen LogP contribution in [0.3, 0.4) is 0 Å². The topological polar surface area (TPSA) is 29.3 Å². The monoisotopic (exact) mass is 234 g/mol. The molecule has 1 unspecified atom stereocenters. The van der Waals surface area contributed by atoms with Gasteiger partial charge in [0, 0.05) is 19.3 Å². The van der Waals surface area contributed by atoms with Gasteiger partial charge in [-0.2, -0.15) is 0 Å². The van der Waals surface area contributed by atoms with Crippen molar-refractivity contribution in [2.75, 3.05) is 25.0 Å². The fraction of sp³-hybridized carbons (Fsp3) is 0.600. The van der Waals surface area contributed by atoms with Crippen LogP contribution in [0.5, 0.6) is 0 Å². The summed E-state index contributed by atoms with van der Waals surface area (Å²) >= 11 is 0. The molecule has 1 aromatic rings. The lowest BCUT2D eigenvalue weighted by Gasteiger charge is -2.25. The maximum atomic E-state index is 5.66. The predicted molar refractivity (Wildman–Crippen MR) is 76.8 cm³/mol. The summed E-state index contributed by atoms with van der Waals surface area (Å²) < 4.78 is 0. The number of hydrogen-bond acceptors (Lipinski definition) is 2. The van der Waals surface area contributed by atoms with Crippen LogP contribution in [0, 0.1) is 26.7 Å². The summed E-state index contributed by atoms with van der Waals surface area (Å²) in [5.41, 5.74) is 11.1. The minimum Gasteiger partial charge on any atom is -0.374 e. The number of rotatable bonds is 5. The summed E-state index contributed by atoms with van der Waals surface area (Å²) in [6.45, 7) is 10.6. The first kappa shape index (κ1) is 14.0. The van der Waals surface area contributed by atoms with Crippen molar-refractivity contribution < 1.29 is 0 Å². The molecule has 0 saturated heterocycles. The summed E-state index contributed by atoms with van der Waals surface area (Å²) in [4.78, 5) is 2.36. The lowest BCUT2D eigenvalue weighted by Crippen LogP contribution is -2.24. The lowest BCUT2D eigenvalue weighted by molar-refractivity contribution is 0.544. The summed E-state index contributed by atoms with van der Waals surface area (Å²) in [7, 11) is 2.17. The summed E-state index contributed by atoms with van der Waals surface area (Å²) in [6, 6.07) is 4.51. The number of nitrogens with zero attached hydrogens (tertiary/aromatic N) is 1. The third-order valence-corrected chi connectivity index (χ3v) is 3.38. The Kier molecular flexibility index (Phi) is 5.01. The van der Waals surface area contributed by atoms with Crippen molar-refractivity contribution in [1.82, 2.24) is 0 Å². The van der Waals surface area contributed by atoms with Crippen molar-refractivity contribution in [2.24, 2.45) is 11.7 Å². The summed E-state index contributed by atoms with van der Waals surface area (Å²) in [5, 5.41) is 0. The first-order chi connectivity index (χ1) is 7.95. The molecule has 0 saturated carbocycles. The van der Waals surface area contributed by atoms with Gasteiger partial charge < -0.3 is 10.6 Å². The normalized spacial score (nSPS) is 12.6. The zero-order chi connectivity index (χ0) is 13.0. The quantitative estimate of drug-likeness (QED) is 0.848. The molecule has 0 fully saturated rings. The van der Waals surface area contributed by atoms with Crippen LogP contribution >= 0.6 is 0 Å². The standard InChI is InChI=1S/C15H26N2/c1-11(10-16)6-7-17(5)15-13(3)8-12(2)9-14(15)4/h8-9,11H,6-7,10,16H2,1-5H3. The molecule has 1 aromatic carbocycles. The summed E-state index contributed by atoms with van der Waals surface area (Å²) in [5.74, 6) is 0.600. The van der Waals surface area contributed by atoms with E-state index in [1.54, 1.807) is 0 Å². The SMILES string of the molecule is Cc1cc(C)c(N(C)CCC(C)CN)c(C)c1. The first-order valence-corrected chi connectivity index (χ1v) is 6.44. The van der Waals surface area contributed by atoms with Crippen LogP contribution in [0.4, 0.5) is 5.69 Å². The average molecular weight is 234 g/mol. The maximum Gasteiger partial charge on any atom is 0.0423 e. The van der Waals surface area contributed by atoms with Gasteiger partial charge in [-0.3, -0.25) is 0 Å². The van der Waals surface area contributed by atoms with Gasteiger partial charge in [-0.25, -0.2) is 0 Å². The van der Waals surface area contributed by atoms with Gasteiger partial charge in [0.05, 0.1) is 0 Å². The number of benzene rings is 1. The van der Waals surface area contributed by atoms with E-state index in [2.05, 4.69) is 51.8 Å². The Morgan fingerprint density at radius 2 is 1.71 bits per heavy atom. The zero-order valence-electron chi connectivity index (χ0n) is 11.9. The third kappa shape index (κ3) is 3.74. The Labute approximate surface area is 106 Å². The molecule has 2 heteroatoms. The first-order valence-electron chi connectivity index (χ1n) is 6.44. The molecular formula is C15H26N2. The van der Waals surface area contributed by atoms with E-state index in [4.69, 9.17) is 5.73 Å². The molecule has 1 rings (SSSR count). The van der Waals surface area contributed by atoms with Crippen LogP contribution in [-0.2, 0) is 0 Å². The van der Waals surface area contributed by atoms with Gasteiger partial charge in [0.15, 0.2) is 0 Å². The molecule has 0 aromatic heterocycles. The molecule has 0 bridgehead atoms. The van der Waals surface area contributed by atoms with Gasteiger partial charge in [-0.1, -0.05) is 24.6 Å². The second-order valence-corrected chi connectivity index (χ2v) is 5.30. The van der Waals surface area contributed by atoms with Crippen LogP contribution in [-0.4, -0.2) is 20.1 Å². The molecule has 0 radical (unpaired) electrons. The molecule has 0 heterocycles. The highest BCUT2D eigenvalue weighted by Crippen LogP contribution is 2.25. The van der Waals surface area contributed by atoms with E-state index in [0.717, 1.165) is 19.5 Å². The largest absolute Gasteiger partial charge is 0.374 e. The average Bonchev–Trinajstić information content (AvgIpc) is 2.24. The van der Waals surface area contributed by atoms with E-state index in [0.29, 0.717) is 5.92 Å². The van der Waals surface area contributed by atoms with Crippen LogP contribution in [0.25, 0.3) is 0 Å². The van der Waals surface area contributed by atoms with Crippen molar-refractivity contribution in [2.45, 2.75) is 34.1 Å². The number of nitrogens with two attached hydrogens (primary N) is 1. The molecule has 0 amide bonds. The van der Waals surface area contributed by atoms with Crippen LogP contribution in [0.2, 0.25) is 0 Å². The Balaban J connectivity index is 2.78. The Morgan fingerprint density at radius 3 is 2.18 bits per heavy atom. The number of aryl methyl sites for hydroxylation is 3. The van der Waals surface area contributed by atoms with E-state index in [1.807, 2.05) is 0 Å². The van der Waals surface area contributed by atoms with E-state index in [9.17, 15) is 0 Å². The second kappa shape index (κ2) is 6.06. The highest BCUT2D eigenvalue weighted by atomic mass is 15.1. The molecule has 0 aliphatic heterocycles. The molecule has 2 nitrogen and oxygen atoms in total. The maximum absolute atomic E-state index is 5.66. The van der Waals surface area contributed by atoms with Crippen molar-refractivity contribution in [3.05, 3.63) is 28.8 Å². The van der Waals surface area contributed by atoms with E-state index >= 15 is 0 Å². The molecule has 2 N–H and O–H groups in total. The lowest BCUT2D eigenvalue weighted by atomic mass is 10.0. The number of anilines is 1. The predicted octanol–water partition coefficient (Wildman–Crippen LogP) is 3.03. The van der Waals surface area contributed by atoms with Gasteiger partial charge in [-0.15, -0.1) is 0 Å². The number of hydrogen-bond donors (Lipinski definition) is 1. The smallest absolute Gasteiger partial charge is 0.0423 e. The Hall–Kier alpha value is -1.02. The van der Waals surface area contributed by atoms with Gasteiger partial charge >= 0.3 is 0 Å². The van der Waals surface area contributed by atoms with Crippen LogP contribution < -0.4 is 10.6 Å². The van der Waals surface area contributed by atoms with Crippen molar-refractivity contribution >= 4 is 5.69 Å². The van der Waals surface area contributed by atoms with E-state index in [-0.39, 0.29) is 0 Å². The fourth-order valence-electron chi connectivity index (χ4n) is 2.42. The highest BCUT2D eigenvalue weighted by Gasteiger charge is 2.09. The van der Waals surface area contributed by atoms with E-state index < -0.39 is 0 Å². The van der Waals surface area contributed by atoms with Crippen LogP contribution in [0.15, 0.2) is 12.1 Å². The minimum atomic E-state index is 0.600. The zero-order valence-corrected chi connectivity index (χ0v) is 11.9. The summed E-state index contributed by atoms with van der Waals surface area (Å²) in [6.07, 6.45) is 1.15. The molecule has 0 aliphatic carbocycles. The Bertz CT molecular complexity index is 348. The minimum absolute atomic E-state index is 0.600. The second-order valence-electron chi connectivity index (χ2n) is 5.30. The molecule has 96 valence electrons. The van der Waals surface area contributed by atoms with E-state index in [1.165, 1.54) is 22.4 Å². The molecule has 0 spiro atoms. The molecule has 0 aliphatic rings. The fourth-order valence-corrected chi connectivity index (χ4v) is 2.42. The molecule has 17 heavy (non-hydrogen) atoms. The van der Waals surface area contributed by atoms with Gasteiger partial charge in [0.2, 0.25) is 0 Å². The molecule has 1 atom stereocenters. The highest BCUT2D eigenvalue weighted by molar-refractivity contribution is 5.59. The van der Waals surface area contributed by atoms with Gasteiger partial charge in [0.25, 0.3) is 0 Å².